The van der Waals surface area contributed by atoms with Gasteiger partial charge in [-0.1, -0.05) is 101 Å². The Balaban J connectivity index is 0.000000638. The molecular formula is C48H81N5O8. The average molecular weight is 856 g/mol. The van der Waals surface area contributed by atoms with E-state index < -0.39 is 18.1 Å². The number of nitrogens with zero attached hydrogens (tertiary/aromatic N) is 2. The van der Waals surface area contributed by atoms with E-state index in [-0.39, 0.29) is 65.4 Å². The van der Waals surface area contributed by atoms with E-state index in [9.17, 15) is 24.0 Å². The highest BCUT2D eigenvalue weighted by Gasteiger charge is 2.42. The number of para-hydroxylation sites is 1. The van der Waals surface area contributed by atoms with E-state index in [4.69, 9.17) is 14.3 Å². The fourth-order valence-electron chi connectivity index (χ4n) is 8.09. The number of hydrogen-bond donors (Lipinski definition) is 3. The van der Waals surface area contributed by atoms with Gasteiger partial charge in [-0.2, -0.15) is 0 Å². The molecule has 0 radical (unpaired) electrons. The lowest BCUT2D eigenvalue weighted by atomic mass is 9.87. The molecule has 1 aromatic carbocycles. The van der Waals surface area contributed by atoms with E-state index >= 15 is 0 Å². The van der Waals surface area contributed by atoms with Gasteiger partial charge in [0.25, 0.3) is 5.91 Å². The molecule has 2 aliphatic heterocycles. The molecule has 4 rings (SSSR count). The van der Waals surface area contributed by atoms with Gasteiger partial charge >= 0.3 is 0 Å². The van der Waals surface area contributed by atoms with E-state index in [2.05, 4.69) is 36.4 Å². The second kappa shape index (κ2) is 26.6. The minimum Gasteiger partial charge on any atom is -0.381 e. The number of carbonyl (C=O) groups is 5. The standard InChI is InChI=1S/C34H52N4O6.C12H23NO2.C2H6/c1-7-22(2)23(3)30(42-5)20-31(39)37-16-12-15-29(37)32(43-6)24(4)33(40)36-28(34(41)38-17-10-11-18-44-38)19-25-21-35-27-14-9-8-13-26(25)27;1-7(2)9(5)12(15)13-11(8(3)4)10(6)14;1-2/h8-9,13-14,21-24,28-30,32,35H,7,10-12,15-20H2,1-6H3,(H,36,40);7-9,11H,1-6H3,(H,13,15);1-2H3/t22?,23-,24+,28-,29-,30+,32?;9?,11-;/m00./s1. The Morgan fingerprint density at radius 1 is 0.852 bits per heavy atom. The lowest BCUT2D eigenvalue weighted by Gasteiger charge is -2.36. The summed E-state index contributed by atoms with van der Waals surface area (Å²) in [5.41, 5.74) is 1.92. The molecule has 0 saturated carbocycles. The molecular weight excluding hydrogens is 775 g/mol. The zero-order valence-electron chi connectivity index (χ0n) is 40.0. The van der Waals surface area contributed by atoms with Crippen molar-refractivity contribution in [3.63, 3.8) is 0 Å². The summed E-state index contributed by atoms with van der Waals surface area (Å²) in [5.74, 6) is -0.0552. The fraction of sp³-hybridized carbons (Fsp3) is 0.729. The predicted molar refractivity (Wildman–Crippen MR) is 242 cm³/mol. The normalized spacial score (nSPS) is 19.3. The smallest absolute Gasteiger partial charge is 0.269 e. The van der Waals surface area contributed by atoms with Crippen molar-refractivity contribution >= 4 is 40.3 Å². The van der Waals surface area contributed by atoms with Gasteiger partial charge in [0.1, 0.15) is 6.04 Å². The maximum absolute atomic E-state index is 13.9. The summed E-state index contributed by atoms with van der Waals surface area (Å²) >= 11 is 0. The van der Waals surface area contributed by atoms with Crippen LogP contribution >= 0.6 is 0 Å². The molecule has 3 heterocycles. The molecule has 3 N–H and O–H groups in total. The minimum atomic E-state index is -0.814. The Morgan fingerprint density at radius 3 is 2.07 bits per heavy atom. The number of benzene rings is 1. The first-order valence-electron chi connectivity index (χ1n) is 22.9. The summed E-state index contributed by atoms with van der Waals surface area (Å²) in [4.78, 5) is 75.0. The van der Waals surface area contributed by atoms with Crippen molar-refractivity contribution in [2.24, 2.45) is 35.5 Å². The van der Waals surface area contributed by atoms with Gasteiger partial charge in [-0.15, -0.1) is 0 Å². The van der Waals surface area contributed by atoms with Gasteiger partial charge in [0, 0.05) is 56.7 Å². The van der Waals surface area contributed by atoms with Crippen molar-refractivity contribution in [3.05, 3.63) is 36.0 Å². The second-order valence-electron chi connectivity index (χ2n) is 17.5. The van der Waals surface area contributed by atoms with E-state index in [1.165, 1.54) is 12.0 Å². The molecule has 9 atom stereocenters. The van der Waals surface area contributed by atoms with Gasteiger partial charge in [-0.3, -0.25) is 28.8 Å². The number of methoxy groups -OCH3 is 2. The van der Waals surface area contributed by atoms with Gasteiger partial charge in [0.15, 0.2) is 5.78 Å². The highest BCUT2D eigenvalue weighted by atomic mass is 16.7. The van der Waals surface area contributed by atoms with Crippen molar-refractivity contribution in [3.8, 4) is 0 Å². The van der Waals surface area contributed by atoms with E-state index in [1.807, 2.05) is 90.8 Å². The van der Waals surface area contributed by atoms with Gasteiger partial charge in [0.2, 0.25) is 17.7 Å². The topological polar surface area (TPSA) is 159 Å². The molecule has 4 amide bonds. The Labute approximate surface area is 367 Å². The van der Waals surface area contributed by atoms with Gasteiger partial charge in [0.05, 0.1) is 43.2 Å². The second-order valence-corrected chi connectivity index (χ2v) is 17.5. The van der Waals surface area contributed by atoms with Gasteiger partial charge in [-0.25, -0.2) is 5.06 Å². The molecule has 3 unspecified atom stereocenters. The van der Waals surface area contributed by atoms with Crippen LogP contribution in [0, 0.1) is 35.5 Å². The molecule has 2 fully saturated rings. The summed E-state index contributed by atoms with van der Waals surface area (Å²) in [6.45, 7) is 25.2. The Hall–Kier alpha value is -3.81. The molecule has 2 aliphatic rings. The number of aromatic nitrogens is 1. The quantitative estimate of drug-likeness (QED) is 0.131. The third-order valence-electron chi connectivity index (χ3n) is 12.8. The minimum absolute atomic E-state index is 0.0225. The van der Waals surface area contributed by atoms with Gasteiger partial charge in [-0.05, 0) is 67.9 Å². The first-order chi connectivity index (χ1) is 29.0. The maximum Gasteiger partial charge on any atom is 0.269 e. The van der Waals surface area contributed by atoms with Crippen molar-refractivity contribution in [2.45, 2.75) is 158 Å². The number of fused-ring (bicyclic) bond motifs is 1. The number of carbonyl (C=O) groups excluding carboxylic acids is 5. The number of aromatic amines is 1. The number of likely N-dealkylation sites (tertiary alicyclic amines) is 1. The van der Waals surface area contributed by atoms with Crippen LogP contribution in [0.5, 0.6) is 0 Å². The van der Waals surface area contributed by atoms with E-state index in [0.717, 1.165) is 48.6 Å². The van der Waals surface area contributed by atoms with Crippen molar-refractivity contribution in [1.29, 1.82) is 0 Å². The summed E-state index contributed by atoms with van der Waals surface area (Å²) in [7, 11) is 3.26. The van der Waals surface area contributed by atoms with Crippen molar-refractivity contribution in [2.75, 3.05) is 33.9 Å². The molecule has 0 spiro atoms. The number of Topliss-reactive ketones (excluding diaryl/α,β-unsaturated/α-hetero) is 1. The predicted octanol–water partition coefficient (Wildman–Crippen LogP) is 7.51. The average Bonchev–Trinajstić information content (AvgIpc) is 3.92. The number of amides is 4. The zero-order chi connectivity index (χ0) is 46.0. The molecule has 346 valence electrons. The molecule has 1 aromatic heterocycles. The SMILES string of the molecule is CC.CC(=O)[C@@H](NC(=O)C(C)C(C)C)C(C)C.CCC(C)[C@H](C)[C@@H](CC(=O)N1CCC[C@H]1C(OC)[C@@H](C)C(=O)N[C@@H](Cc1c[nH]c2ccccc12)C(=O)N1CCCCO1)OC. The largest absolute Gasteiger partial charge is 0.381 e. The van der Waals surface area contributed by atoms with Crippen LogP contribution in [0.3, 0.4) is 0 Å². The van der Waals surface area contributed by atoms with Crippen LogP contribution < -0.4 is 10.6 Å². The Kier molecular flexibility index (Phi) is 23.3. The van der Waals surface area contributed by atoms with Gasteiger partial charge < -0.3 is 30.0 Å². The van der Waals surface area contributed by atoms with Crippen LogP contribution in [0.2, 0.25) is 0 Å². The number of nitrogens with one attached hydrogen (secondary N) is 3. The number of rotatable bonds is 19. The summed E-state index contributed by atoms with van der Waals surface area (Å²) in [6.07, 6.45) is 6.18. The molecule has 2 saturated heterocycles. The van der Waals surface area contributed by atoms with E-state index in [0.29, 0.717) is 44.4 Å². The zero-order valence-corrected chi connectivity index (χ0v) is 40.0. The first kappa shape index (κ1) is 53.3. The lowest BCUT2D eigenvalue weighted by molar-refractivity contribution is -0.199. The van der Waals surface area contributed by atoms with Crippen LogP contribution in [0.15, 0.2) is 30.5 Å². The molecule has 61 heavy (non-hydrogen) atoms. The summed E-state index contributed by atoms with van der Waals surface area (Å²) in [5, 5.41) is 8.26. The monoisotopic (exact) mass is 856 g/mol. The lowest BCUT2D eigenvalue weighted by Crippen LogP contribution is -2.55. The maximum atomic E-state index is 13.9. The third-order valence-corrected chi connectivity index (χ3v) is 12.8. The van der Waals surface area contributed by atoms with Crippen LogP contribution in [0.4, 0.5) is 0 Å². The van der Waals surface area contributed by atoms with E-state index in [1.54, 1.807) is 14.2 Å². The summed E-state index contributed by atoms with van der Waals surface area (Å²) in [6, 6.07) is 6.52. The number of ketones is 1. The molecule has 0 aliphatic carbocycles. The Bertz CT molecular complexity index is 1660. The highest BCUT2D eigenvalue weighted by Crippen LogP contribution is 2.30. The highest BCUT2D eigenvalue weighted by molar-refractivity contribution is 5.90. The fourth-order valence-corrected chi connectivity index (χ4v) is 8.09. The number of ether oxygens (including phenoxy) is 2. The molecule has 2 aromatic rings. The Morgan fingerprint density at radius 2 is 1.51 bits per heavy atom. The van der Waals surface area contributed by atoms with Crippen LogP contribution in [0.1, 0.15) is 127 Å². The third kappa shape index (κ3) is 15.2. The molecule has 13 heteroatoms. The molecule has 13 nitrogen and oxygen atoms in total. The van der Waals surface area contributed by atoms with Crippen molar-refractivity contribution in [1.82, 2.24) is 25.6 Å². The van der Waals surface area contributed by atoms with Crippen LogP contribution in [-0.4, -0.2) is 109 Å². The number of H-pyrrole nitrogens is 1. The number of hydrogen-bond acceptors (Lipinski definition) is 8. The van der Waals surface area contributed by atoms with Crippen LogP contribution in [0.25, 0.3) is 10.9 Å². The summed E-state index contributed by atoms with van der Waals surface area (Å²) < 4.78 is 11.7. The van der Waals surface area contributed by atoms with Crippen molar-refractivity contribution < 1.29 is 38.3 Å². The molecule has 0 bridgehead atoms. The number of hydroxylamine groups is 2. The first-order valence-corrected chi connectivity index (χ1v) is 22.9. The van der Waals surface area contributed by atoms with Crippen LogP contribution in [-0.2, 0) is 44.7 Å².